The molecule has 1 amide bonds. The minimum absolute atomic E-state index is 0.0365. The fourth-order valence-electron chi connectivity index (χ4n) is 4.51. The highest BCUT2D eigenvalue weighted by molar-refractivity contribution is 14.1. The molecule has 0 aliphatic heterocycles. The zero-order chi connectivity index (χ0) is 24.6. The molecule has 1 saturated carbocycles. The molecule has 0 saturated heterocycles. The number of hydrogen-bond donors (Lipinski definition) is 1. The Morgan fingerprint density at radius 3 is 2.43 bits per heavy atom. The first-order chi connectivity index (χ1) is 17.0. The van der Waals surface area contributed by atoms with E-state index in [-0.39, 0.29) is 11.7 Å². The molecule has 8 heteroatoms. The molecule has 35 heavy (non-hydrogen) atoms. The van der Waals surface area contributed by atoms with Gasteiger partial charge in [0, 0.05) is 34.7 Å². The van der Waals surface area contributed by atoms with Crippen molar-refractivity contribution in [2.24, 2.45) is 0 Å². The van der Waals surface area contributed by atoms with Gasteiger partial charge >= 0.3 is 0 Å². The van der Waals surface area contributed by atoms with Crippen LogP contribution in [0.3, 0.4) is 0 Å². The van der Waals surface area contributed by atoms with E-state index in [9.17, 15) is 9.59 Å². The summed E-state index contributed by atoms with van der Waals surface area (Å²) in [5.41, 5.74) is 3.07. The molecule has 0 bridgehead atoms. The van der Waals surface area contributed by atoms with E-state index in [0.29, 0.717) is 29.8 Å². The van der Waals surface area contributed by atoms with Gasteiger partial charge in [-0.25, -0.2) is 0 Å². The number of carbonyl (C=O) groups excluding carboxylic acids is 2. The Morgan fingerprint density at radius 2 is 1.74 bits per heavy atom. The molecular weight excluding hydrogens is 571 g/mol. The number of hydrogen-bond acceptors (Lipinski definition) is 5. The third-order valence-electron chi connectivity index (χ3n) is 6.38. The lowest BCUT2D eigenvalue weighted by Gasteiger charge is -2.22. The lowest BCUT2D eigenvalue weighted by molar-refractivity contribution is -0.118. The normalized spacial score (nSPS) is 14.1. The maximum atomic E-state index is 13.0. The number of aryl methyl sites for hydroxylation is 1. The number of nitrogens with one attached hydrogen (secondary N) is 1. The molecule has 1 heterocycles. The highest BCUT2D eigenvalue weighted by Crippen LogP contribution is 2.32. The molecule has 4 rings (SSSR count). The largest absolute Gasteiger partial charge is 0.356 e. The van der Waals surface area contributed by atoms with Crippen molar-refractivity contribution < 1.29 is 9.59 Å². The molecule has 1 N–H and O–H groups in total. The van der Waals surface area contributed by atoms with Crippen LogP contribution in [0.1, 0.15) is 73.1 Å². The molecular formula is C27H31IN4O2S. The molecule has 1 aromatic heterocycles. The van der Waals surface area contributed by atoms with Crippen LogP contribution in [0.25, 0.3) is 5.69 Å². The van der Waals surface area contributed by atoms with E-state index < -0.39 is 0 Å². The number of halogens is 1. The van der Waals surface area contributed by atoms with Crippen LogP contribution in [0.15, 0.2) is 53.7 Å². The molecule has 3 aromatic rings. The predicted molar refractivity (Wildman–Crippen MR) is 148 cm³/mol. The van der Waals surface area contributed by atoms with Gasteiger partial charge in [0.2, 0.25) is 5.91 Å². The van der Waals surface area contributed by atoms with Gasteiger partial charge in [0.25, 0.3) is 0 Å². The van der Waals surface area contributed by atoms with Gasteiger partial charge in [-0.1, -0.05) is 55.3 Å². The molecule has 1 aliphatic rings. The topological polar surface area (TPSA) is 76.9 Å². The van der Waals surface area contributed by atoms with Crippen LogP contribution in [-0.2, 0) is 11.2 Å². The number of nitrogens with zero attached hydrogens (tertiary/aromatic N) is 3. The van der Waals surface area contributed by atoms with Gasteiger partial charge in [0.15, 0.2) is 10.9 Å². The number of thioether (sulfide) groups is 1. The summed E-state index contributed by atoms with van der Waals surface area (Å²) >= 11 is 3.70. The van der Waals surface area contributed by atoms with Gasteiger partial charge in [0.1, 0.15) is 5.82 Å². The van der Waals surface area contributed by atoms with Crippen molar-refractivity contribution in [2.75, 3.05) is 12.3 Å². The smallest absolute Gasteiger partial charge is 0.216 e. The third-order valence-corrected chi connectivity index (χ3v) is 8.03. The molecule has 6 nitrogen and oxygen atoms in total. The molecule has 0 unspecified atom stereocenters. The van der Waals surface area contributed by atoms with Crippen molar-refractivity contribution in [1.29, 1.82) is 0 Å². The summed E-state index contributed by atoms with van der Waals surface area (Å²) in [7, 11) is 0. The van der Waals surface area contributed by atoms with Gasteiger partial charge in [-0.15, -0.1) is 10.2 Å². The number of rotatable bonds is 10. The Hall–Kier alpha value is -2.20. The lowest BCUT2D eigenvalue weighted by Crippen LogP contribution is -2.21. The maximum absolute atomic E-state index is 13.0. The monoisotopic (exact) mass is 602 g/mol. The molecule has 0 spiro atoms. The molecule has 2 aromatic carbocycles. The first kappa shape index (κ1) is 25.9. The van der Waals surface area contributed by atoms with Crippen LogP contribution >= 0.6 is 34.4 Å². The van der Waals surface area contributed by atoms with Crippen LogP contribution < -0.4 is 5.32 Å². The van der Waals surface area contributed by atoms with Crippen molar-refractivity contribution in [1.82, 2.24) is 20.1 Å². The average molecular weight is 603 g/mol. The first-order valence-electron chi connectivity index (χ1n) is 12.2. The zero-order valence-corrected chi connectivity index (χ0v) is 23.0. The zero-order valence-electron chi connectivity index (χ0n) is 20.0. The van der Waals surface area contributed by atoms with Crippen molar-refractivity contribution in [2.45, 2.75) is 62.9 Å². The van der Waals surface area contributed by atoms with Gasteiger partial charge in [-0.05, 0) is 77.6 Å². The summed E-state index contributed by atoms with van der Waals surface area (Å²) in [5.74, 6) is 1.82. The molecule has 0 radical (unpaired) electrons. The Kier molecular flexibility index (Phi) is 9.37. The summed E-state index contributed by atoms with van der Waals surface area (Å²) in [6.07, 6.45) is 7.90. The fourth-order valence-corrected chi connectivity index (χ4v) is 5.73. The van der Waals surface area contributed by atoms with E-state index in [0.717, 1.165) is 27.1 Å². The Labute approximate surface area is 224 Å². The Morgan fingerprint density at radius 1 is 1.03 bits per heavy atom. The number of amides is 1. The third kappa shape index (κ3) is 7.16. The first-order valence-corrected chi connectivity index (χ1v) is 14.3. The summed E-state index contributed by atoms with van der Waals surface area (Å²) in [6.45, 7) is 2.11. The molecule has 0 atom stereocenters. The van der Waals surface area contributed by atoms with E-state index in [1.54, 1.807) is 0 Å². The van der Waals surface area contributed by atoms with Crippen LogP contribution in [-0.4, -0.2) is 38.8 Å². The quantitative estimate of drug-likeness (QED) is 0.134. The predicted octanol–water partition coefficient (Wildman–Crippen LogP) is 5.96. The number of Topliss-reactive ketones (excluding diaryl/α,β-unsaturated/α-hetero) is 1. The van der Waals surface area contributed by atoms with E-state index in [1.807, 2.05) is 41.0 Å². The van der Waals surface area contributed by atoms with E-state index in [2.05, 4.69) is 50.2 Å². The number of benzene rings is 2. The number of ketones is 1. The summed E-state index contributed by atoms with van der Waals surface area (Å²) < 4.78 is 3.17. The SMILES string of the molecule is CC(=O)NCCCc1nnc(SCC(=O)c2ccc(C3CCCCC3)cc2)n1-c1ccc(I)cc1. The summed E-state index contributed by atoms with van der Waals surface area (Å²) in [5, 5.41) is 12.3. The lowest BCUT2D eigenvalue weighted by atomic mass is 9.84. The highest BCUT2D eigenvalue weighted by Gasteiger charge is 2.18. The summed E-state index contributed by atoms with van der Waals surface area (Å²) in [6, 6.07) is 16.4. The maximum Gasteiger partial charge on any atom is 0.216 e. The number of aromatic nitrogens is 3. The van der Waals surface area contributed by atoms with E-state index in [1.165, 1.54) is 56.4 Å². The van der Waals surface area contributed by atoms with Crippen molar-refractivity contribution in [3.63, 3.8) is 0 Å². The van der Waals surface area contributed by atoms with Gasteiger partial charge in [0.05, 0.1) is 5.75 Å². The van der Waals surface area contributed by atoms with Crippen LogP contribution in [0.4, 0.5) is 0 Å². The molecule has 1 aliphatic carbocycles. The van der Waals surface area contributed by atoms with E-state index in [4.69, 9.17) is 0 Å². The fraction of sp³-hybridized carbons (Fsp3) is 0.407. The molecule has 1 fully saturated rings. The van der Waals surface area contributed by atoms with Crippen LogP contribution in [0.2, 0.25) is 0 Å². The average Bonchev–Trinajstić information content (AvgIpc) is 3.29. The van der Waals surface area contributed by atoms with Crippen molar-refractivity contribution in [3.05, 3.63) is 69.1 Å². The standard InChI is InChI=1S/C27H31IN4O2S/c1-19(33)29-17-5-8-26-30-31-27(32(26)24-15-13-23(28)14-16-24)35-18-25(34)22-11-9-21(10-12-22)20-6-3-2-4-7-20/h9-16,20H,2-8,17-18H2,1H3,(H,29,33). The minimum atomic E-state index is -0.0365. The van der Waals surface area contributed by atoms with Gasteiger partial charge in [-0.2, -0.15) is 0 Å². The van der Waals surface area contributed by atoms with Crippen LogP contribution in [0.5, 0.6) is 0 Å². The van der Waals surface area contributed by atoms with Crippen molar-refractivity contribution >= 4 is 46.0 Å². The van der Waals surface area contributed by atoms with E-state index >= 15 is 0 Å². The number of carbonyl (C=O) groups is 2. The second-order valence-corrected chi connectivity index (χ2v) is 11.2. The van der Waals surface area contributed by atoms with Crippen molar-refractivity contribution in [3.8, 4) is 5.69 Å². The Balaban J connectivity index is 1.44. The second kappa shape index (κ2) is 12.7. The summed E-state index contributed by atoms with van der Waals surface area (Å²) in [4.78, 5) is 24.1. The van der Waals surface area contributed by atoms with Gasteiger partial charge < -0.3 is 5.32 Å². The molecule has 184 valence electrons. The second-order valence-electron chi connectivity index (χ2n) is 8.97. The Bertz CT molecular complexity index is 1140. The highest BCUT2D eigenvalue weighted by atomic mass is 127. The van der Waals surface area contributed by atoms with Crippen LogP contribution in [0, 0.1) is 3.57 Å². The van der Waals surface area contributed by atoms with Gasteiger partial charge in [-0.3, -0.25) is 14.2 Å². The minimum Gasteiger partial charge on any atom is -0.356 e.